The van der Waals surface area contributed by atoms with Gasteiger partial charge in [0.25, 0.3) is 11.1 Å². The van der Waals surface area contributed by atoms with E-state index in [1.165, 1.54) is 24.3 Å². The zero-order valence-electron chi connectivity index (χ0n) is 14.1. The standard InChI is InChI=1S/C16H11Cl2N3O5S2/c1-28(25,26)9-4-2-3-8(5-9)7-21-15(23)11(27-16(21)24)6-10-12(17)13(22)14(18)20-19-10/h2-6H,7H2,1H3,(H,19,22)/b11-6-. The third kappa shape index (κ3) is 4.14. The molecule has 12 heteroatoms. The van der Waals surface area contributed by atoms with Crippen LogP contribution in [0.5, 0.6) is 0 Å². The summed E-state index contributed by atoms with van der Waals surface area (Å²) in [5, 5.41) is 4.87. The summed E-state index contributed by atoms with van der Waals surface area (Å²) in [4.78, 5) is 37.7. The number of thioether (sulfide) groups is 1. The van der Waals surface area contributed by atoms with Crippen molar-refractivity contribution in [3.05, 3.63) is 60.8 Å². The number of amides is 2. The van der Waals surface area contributed by atoms with E-state index in [-0.39, 0.29) is 32.2 Å². The van der Waals surface area contributed by atoms with Gasteiger partial charge in [0.1, 0.15) is 5.02 Å². The van der Waals surface area contributed by atoms with Gasteiger partial charge in [-0.25, -0.2) is 8.42 Å². The van der Waals surface area contributed by atoms with E-state index in [1.54, 1.807) is 6.07 Å². The van der Waals surface area contributed by atoms with Crippen molar-refractivity contribution < 1.29 is 18.0 Å². The van der Waals surface area contributed by atoms with Crippen molar-refractivity contribution in [2.45, 2.75) is 11.4 Å². The van der Waals surface area contributed by atoms with E-state index in [4.69, 9.17) is 23.2 Å². The maximum Gasteiger partial charge on any atom is 0.293 e. The molecule has 0 bridgehead atoms. The highest BCUT2D eigenvalue weighted by Crippen LogP contribution is 2.33. The smallest absolute Gasteiger partial charge is 0.285 e. The van der Waals surface area contributed by atoms with E-state index in [2.05, 4.69) is 10.2 Å². The van der Waals surface area contributed by atoms with Gasteiger partial charge in [-0.2, -0.15) is 5.10 Å². The monoisotopic (exact) mass is 459 g/mol. The number of carbonyl (C=O) groups is 2. The lowest BCUT2D eigenvalue weighted by atomic mass is 10.2. The van der Waals surface area contributed by atoms with E-state index in [1.807, 2.05) is 0 Å². The second-order valence-corrected chi connectivity index (χ2v) is 9.50. The number of halogens is 2. The molecule has 0 aliphatic carbocycles. The largest absolute Gasteiger partial charge is 0.293 e. The highest BCUT2D eigenvalue weighted by Gasteiger charge is 2.35. The zero-order chi connectivity index (χ0) is 20.6. The predicted octanol–water partition coefficient (Wildman–Crippen LogP) is 2.72. The Bertz CT molecular complexity index is 1190. The number of imide groups is 1. The number of benzene rings is 1. The molecule has 0 spiro atoms. The molecule has 0 radical (unpaired) electrons. The topological polar surface area (TPSA) is 117 Å². The number of nitrogens with zero attached hydrogens (tertiary/aromatic N) is 2. The average Bonchev–Trinajstić information content (AvgIpc) is 2.89. The number of hydrogen-bond donors (Lipinski definition) is 1. The normalized spacial score (nSPS) is 16.2. The van der Waals surface area contributed by atoms with Crippen LogP contribution in [0.1, 0.15) is 11.3 Å². The van der Waals surface area contributed by atoms with E-state index < -0.39 is 26.4 Å². The summed E-state index contributed by atoms with van der Waals surface area (Å²) in [6, 6.07) is 5.97. The van der Waals surface area contributed by atoms with E-state index in [9.17, 15) is 22.8 Å². The fourth-order valence-corrected chi connectivity index (χ4v) is 4.22. The molecule has 1 N–H and O–H groups in total. The Kier molecular flexibility index (Phi) is 5.67. The quantitative estimate of drug-likeness (QED) is 0.698. The Balaban J connectivity index is 1.89. The van der Waals surface area contributed by atoms with Gasteiger partial charge < -0.3 is 0 Å². The summed E-state index contributed by atoms with van der Waals surface area (Å²) < 4.78 is 23.3. The van der Waals surface area contributed by atoms with Crippen LogP contribution < -0.4 is 5.43 Å². The second kappa shape index (κ2) is 7.70. The number of sulfone groups is 1. The lowest BCUT2D eigenvalue weighted by Gasteiger charge is -2.13. The van der Waals surface area contributed by atoms with Crippen molar-refractivity contribution in [3.63, 3.8) is 0 Å². The maximum absolute atomic E-state index is 12.6. The lowest BCUT2D eigenvalue weighted by Crippen LogP contribution is -2.27. The van der Waals surface area contributed by atoms with E-state index in [0.717, 1.165) is 11.2 Å². The Morgan fingerprint density at radius 2 is 1.96 bits per heavy atom. The third-order valence-corrected chi connectivity index (χ3v) is 6.36. The molecule has 1 saturated heterocycles. The molecule has 0 atom stereocenters. The number of H-pyrrole nitrogens is 1. The fourth-order valence-electron chi connectivity index (χ4n) is 2.34. The molecule has 8 nitrogen and oxygen atoms in total. The summed E-state index contributed by atoms with van der Waals surface area (Å²) in [5.41, 5.74) is -0.183. The Morgan fingerprint density at radius 1 is 1.25 bits per heavy atom. The molecule has 1 aliphatic rings. The Labute approximate surface area is 173 Å². The van der Waals surface area contributed by atoms with Crippen molar-refractivity contribution in [1.82, 2.24) is 15.1 Å². The number of rotatable bonds is 4. The van der Waals surface area contributed by atoms with Crippen molar-refractivity contribution in [2.24, 2.45) is 0 Å². The minimum Gasteiger partial charge on any atom is -0.285 e. The summed E-state index contributed by atoms with van der Waals surface area (Å²) in [5.74, 6) is -0.605. The van der Waals surface area contributed by atoms with Crippen LogP contribution in [-0.2, 0) is 21.2 Å². The summed E-state index contributed by atoms with van der Waals surface area (Å²) in [6.45, 7) is -0.103. The molecule has 3 rings (SSSR count). The molecule has 1 aromatic carbocycles. The first-order chi connectivity index (χ1) is 13.1. The van der Waals surface area contributed by atoms with Gasteiger partial charge in [-0.05, 0) is 35.5 Å². The highest BCUT2D eigenvalue weighted by molar-refractivity contribution is 8.18. The predicted molar refractivity (Wildman–Crippen MR) is 106 cm³/mol. The van der Waals surface area contributed by atoms with Crippen LogP contribution in [0.25, 0.3) is 6.08 Å². The van der Waals surface area contributed by atoms with Gasteiger partial charge >= 0.3 is 0 Å². The number of aromatic amines is 1. The first-order valence-corrected chi connectivity index (χ1v) is 11.0. The van der Waals surface area contributed by atoms with Crippen LogP contribution in [0.2, 0.25) is 10.2 Å². The van der Waals surface area contributed by atoms with Gasteiger partial charge in [0, 0.05) is 6.26 Å². The number of nitrogens with one attached hydrogen (secondary N) is 1. The first-order valence-electron chi connectivity index (χ1n) is 7.56. The first kappa shape index (κ1) is 20.6. The highest BCUT2D eigenvalue weighted by atomic mass is 35.5. The van der Waals surface area contributed by atoms with Gasteiger partial charge in [-0.15, -0.1) is 0 Å². The molecule has 0 saturated carbocycles. The van der Waals surface area contributed by atoms with Crippen molar-refractivity contribution in [1.29, 1.82) is 0 Å². The number of carbonyl (C=O) groups excluding carboxylic acids is 2. The molecular formula is C16H11Cl2N3O5S2. The fraction of sp³-hybridized carbons (Fsp3) is 0.125. The molecule has 2 heterocycles. The van der Waals surface area contributed by atoms with Crippen molar-refractivity contribution >= 4 is 62.0 Å². The van der Waals surface area contributed by atoms with Crippen LogP contribution in [-0.4, -0.2) is 40.9 Å². The molecular weight excluding hydrogens is 449 g/mol. The van der Waals surface area contributed by atoms with Crippen LogP contribution in [0.3, 0.4) is 0 Å². The summed E-state index contributed by atoms with van der Waals surface area (Å²) in [7, 11) is -3.42. The molecule has 2 amide bonds. The van der Waals surface area contributed by atoms with Crippen LogP contribution in [0.15, 0.2) is 38.9 Å². The summed E-state index contributed by atoms with van der Waals surface area (Å²) in [6.07, 6.45) is 2.31. The maximum atomic E-state index is 12.6. The molecule has 28 heavy (non-hydrogen) atoms. The van der Waals surface area contributed by atoms with Gasteiger partial charge in [0.2, 0.25) is 5.43 Å². The van der Waals surface area contributed by atoms with Gasteiger partial charge in [-0.3, -0.25) is 24.4 Å². The van der Waals surface area contributed by atoms with Gasteiger partial charge in [0.15, 0.2) is 15.0 Å². The van der Waals surface area contributed by atoms with Crippen LogP contribution in [0, 0.1) is 0 Å². The number of aromatic nitrogens is 2. The molecule has 2 aromatic rings. The van der Waals surface area contributed by atoms with Crippen molar-refractivity contribution in [3.8, 4) is 0 Å². The molecule has 0 unspecified atom stereocenters. The third-order valence-electron chi connectivity index (χ3n) is 3.71. The second-order valence-electron chi connectivity index (χ2n) is 5.76. The molecule has 1 aliphatic heterocycles. The van der Waals surface area contributed by atoms with Gasteiger partial charge in [-0.1, -0.05) is 35.3 Å². The molecule has 1 fully saturated rings. The van der Waals surface area contributed by atoms with Crippen molar-refractivity contribution in [2.75, 3.05) is 6.26 Å². The van der Waals surface area contributed by atoms with Gasteiger partial charge in [0.05, 0.1) is 22.0 Å². The minimum atomic E-state index is -3.42. The Hall–Kier alpha value is -2.14. The average molecular weight is 460 g/mol. The lowest BCUT2D eigenvalue weighted by molar-refractivity contribution is -0.123. The number of hydrogen-bond acceptors (Lipinski definition) is 7. The summed E-state index contributed by atoms with van der Waals surface area (Å²) >= 11 is 12.1. The SMILES string of the molecule is CS(=O)(=O)c1cccc(CN2C(=O)S/C(=C\c3[nH]nc(Cl)c(=O)c3Cl)C2=O)c1. The van der Waals surface area contributed by atoms with E-state index in [0.29, 0.717) is 17.3 Å². The van der Waals surface area contributed by atoms with E-state index >= 15 is 0 Å². The Morgan fingerprint density at radius 3 is 2.64 bits per heavy atom. The zero-order valence-corrected chi connectivity index (χ0v) is 17.2. The minimum absolute atomic E-state index is 0.0333. The molecule has 146 valence electrons. The van der Waals surface area contributed by atoms with Crippen LogP contribution in [0.4, 0.5) is 4.79 Å². The van der Waals surface area contributed by atoms with Crippen LogP contribution >= 0.6 is 35.0 Å². The molecule has 1 aromatic heterocycles.